The molecule has 0 aliphatic heterocycles. The number of hydrogen-bond donors (Lipinski definition) is 0. The van der Waals surface area contributed by atoms with Gasteiger partial charge in [0.05, 0.1) is 39.5 Å². The third-order valence-corrected chi connectivity index (χ3v) is 20.8. The number of allylic oxidation sites excluding steroid dienone is 3. The monoisotopic (exact) mass is 1280 g/mol. The predicted octanol–water partition coefficient (Wildman–Crippen LogP) is 24.4. The lowest BCUT2D eigenvalue weighted by molar-refractivity contribution is 0.616. The van der Waals surface area contributed by atoms with E-state index in [4.69, 9.17) is 22.0 Å². The van der Waals surface area contributed by atoms with Crippen LogP contribution >= 0.6 is 0 Å². The maximum atomic E-state index is 7.28. The van der Waals surface area contributed by atoms with E-state index in [9.17, 15) is 0 Å². The van der Waals surface area contributed by atoms with Gasteiger partial charge in [-0.25, -0.2) is 0 Å². The van der Waals surface area contributed by atoms with Gasteiger partial charge in [0.25, 0.3) is 0 Å². The maximum Gasteiger partial charge on any atom is 0.159 e. The topological polar surface area (TPSA) is 41.6 Å². The Kier molecular flexibility index (Phi) is 13.4. The number of hydrogen-bond acceptors (Lipinski definition) is 4. The molecule has 0 bridgehead atoms. The van der Waals surface area contributed by atoms with Crippen molar-refractivity contribution in [3.05, 3.63) is 342 Å². The van der Waals surface area contributed by atoms with E-state index in [-0.39, 0.29) is 0 Å². The van der Waals surface area contributed by atoms with Crippen LogP contribution in [0.25, 0.3) is 161 Å². The lowest BCUT2D eigenvalue weighted by Crippen LogP contribution is -2.26. The van der Waals surface area contributed by atoms with Gasteiger partial charge in [0, 0.05) is 121 Å². The maximum absolute atomic E-state index is 7.28. The normalized spacial score (nSPS) is 12.6. The summed E-state index contributed by atoms with van der Waals surface area (Å²) in [4.78, 5) is 4.60. The summed E-state index contributed by atoms with van der Waals surface area (Å²) in [7, 11) is 0. The quantitative estimate of drug-likeness (QED) is 0.108. The first-order valence-electron chi connectivity index (χ1n) is 34.3. The van der Waals surface area contributed by atoms with Gasteiger partial charge in [-0.2, -0.15) is 0 Å². The van der Waals surface area contributed by atoms with E-state index in [1.54, 1.807) is 0 Å². The molecule has 13 aromatic carbocycles. The highest BCUT2D eigenvalue weighted by Crippen LogP contribution is 2.54. The summed E-state index contributed by atoms with van der Waals surface area (Å²) in [5.74, 6) is 0. The molecule has 0 fully saturated rings. The van der Waals surface area contributed by atoms with Crippen LogP contribution in [0.15, 0.2) is 318 Å². The van der Waals surface area contributed by atoms with Crippen molar-refractivity contribution in [1.29, 1.82) is 0 Å². The third-order valence-electron chi connectivity index (χ3n) is 20.8. The predicted molar refractivity (Wildman–Crippen MR) is 422 cm³/mol. The lowest BCUT2D eigenvalue weighted by atomic mass is 9.89. The van der Waals surface area contributed by atoms with Gasteiger partial charge in [0.1, 0.15) is 11.2 Å². The molecule has 0 amide bonds. The first-order chi connectivity index (χ1) is 49.2. The van der Waals surface area contributed by atoms with E-state index < -0.39 is 0 Å². The van der Waals surface area contributed by atoms with Gasteiger partial charge in [0.2, 0.25) is 0 Å². The first kappa shape index (κ1) is 58.5. The fourth-order valence-corrected chi connectivity index (χ4v) is 16.3. The zero-order valence-corrected chi connectivity index (χ0v) is 55.9. The van der Waals surface area contributed by atoms with Crippen LogP contribution in [0.5, 0.6) is 0 Å². The molecule has 0 unspecified atom stereocenters. The zero-order chi connectivity index (χ0) is 67.0. The smallest absolute Gasteiger partial charge is 0.159 e. The molecule has 0 radical (unpaired) electrons. The van der Waals surface area contributed by atoms with Gasteiger partial charge in [-0.3, -0.25) is 0 Å². The molecule has 474 valence electrons. The van der Waals surface area contributed by atoms with Gasteiger partial charge in [-0.1, -0.05) is 256 Å². The van der Waals surface area contributed by atoms with Gasteiger partial charge >= 0.3 is 0 Å². The fourth-order valence-electron chi connectivity index (χ4n) is 16.3. The van der Waals surface area contributed by atoms with E-state index in [0.29, 0.717) is 0 Å². The number of para-hydroxylation sites is 6. The molecule has 0 spiro atoms. The highest BCUT2D eigenvalue weighted by atomic mass is 16.3. The van der Waals surface area contributed by atoms with Crippen LogP contribution in [0.4, 0.5) is 22.7 Å². The molecule has 0 N–H and O–H groups in total. The molecule has 0 atom stereocenters. The van der Waals surface area contributed by atoms with Crippen LogP contribution in [-0.2, 0) is 0 Å². The summed E-state index contributed by atoms with van der Waals surface area (Å²) < 4.78 is 18.7. The van der Waals surface area contributed by atoms with Crippen molar-refractivity contribution in [2.24, 2.45) is 0 Å². The highest BCUT2D eigenvalue weighted by molar-refractivity contribution is 6.36. The Bertz CT molecular complexity index is 6720. The van der Waals surface area contributed by atoms with E-state index in [1.165, 1.54) is 60.4 Å². The van der Waals surface area contributed by atoms with Crippen LogP contribution in [0.1, 0.15) is 29.2 Å². The van der Waals surface area contributed by atoms with Gasteiger partial charge in [0.15, 0.2) is 5.58 Å². The highest BCUT2D eigenvalue weighted by Gasteiger charge is 2.32. The van der Waals surface area contributed by atoms with Crippen molar-refractivity contribution in [2.45, 2.75) is 27.7 Å². The average Bonchev–Trinajstić information content (AvgIpc) is 1.50. The number of aromatic nitrogens is 2. The van der Waals surface area contributed by atoms with Gasteiger partial charge in [-0.15, -0.1) is 0 Å². The second kappa shape index (κ2) is 22.9. The van der Waals surface area contributed by atoms with Gasteiger partial charge < -0.3 is 27.4 Å². The molecule has 6 nitrogen and oxygen atoms in total. The zero-order valence-electron chi connectivity index (χ0n) is 55.9. The third kappa shape index (κ3) is 8.83. The van der Waals surface area contributed by atoms with E-state index in [2.05, 4.69) is 344 Å². The van der Waals surface area contributed by atoms with Crippen LogP contribution in [0.3, 0.4) is 0 Å². The van der Waals surface area contributed by atoms with E-state index in [1.807, 2.05) is 6.26 Å². The van der Waals surface area contributed by atoms with Gasteiger partial charge in [-0.05, 0) is 121 Å². The Morgan fingerprint density at radius 3 is 1.59 bits per heavy atom. The fraction of sp³-hybridized carbons (Fsp3) is 0.0426. The Hall–Kier alpha value is -12.9. The standard InChI is InChI=1S/C94H66N4O2/c1-57(47-49-65-56-99-92-71(65)39-23-42-74(92)69-37-21-19-27-58(69)2)55-95(66-33-15-9-16-34-66)61(5)53-80-62(6)96-88-72(80)40-24-45-78(88)85-84(64-31-13-8-14-32-64)91-86(83(90(85)96)63-29-11-7-12-30-63)79-46-25-41-73-81-54-68(50-52-82(81)98(91)89(73)79)97(67-35-17-10-18-36-67)87-60(4)48-51-77-76-44-26-43-75(93(76)100-94(77)87)70-38-22-20-28-59(70)3/h7-56H,5-6H2,1-4H3/b49-47-,57-55+,80-53+. The molecule has 0 aliphatic carbocycles. The van der Waals surface area contributed by atoms with Crippen molar-refractivity contribution in [3.63, 3.8) is 0 Å². The molecule has 6 heteroatoms. The average molecular weight is 1280 g/mol. The minimum Gasteiger partial charge on any atom is -0.463 e. The Labute approximate surface area is 578 Å². The molecule has 19 rings (SSSR count). The summed E-state index contributed by atoms with van der Waals surface area (Å²) in [5, 5.41) is 13.3. The molecule has 6 aromatic heterocycles. The van der Waals surface area contributed by atoms with Crippen molar-refractivity contribution < 1.29 is 8.83 Å². The second-order valence-corrected chi connectivity index (χ2v) is 26.7. The summed E-state index contributed by atoms with van der Waals surface area (Å²) in [5.41, 5.74) is 27.9. The molecule has 0 saturated carbocycles. The van der Waals surface area contributed by atoms with Crippen LogP contribution < -0.4 is 20.4 Å². The number of benzene rings is 13. The largest absolute Gasteiger partial charge is 0.463 e. The number of aryl methyl sites for hydroxylation is 3. The number of nitrogens with zero attached hydrogens (tertiary/aromatic N) is 4. The summed E-state index contributed by atoms with van der Waals surface area (Å²) >= 11 is 0. The first-order valence-corrected chi connectivity index (χ1v) is 34.3. The summed E-state index contributed by atoms with van der Waals surface area (Å²) in [6, 6.07) is 98.6. The Morgan fingerprint density at radius 1 is 0.420 bits per heavy atom. The number of anilines is 4. The number of rotatable bonds is 13. The molecule has 19 aromatic rings. The van der Waals surface area contributed by atoms with Crippen LogP contribution in [0, 0.1) is 20.8 Å². The summed E-state index contributed by atoms with van der Waals surface area (Å²) in [6.07, 6.45) is 10.6. The molecular formula is C94H66N4O2. The lowest BCUT2D eigenvalue weighted by Gasteiger charge is -2.27. The number of fused-ring (bicyclic) bond motifs is 13. The second-order valence-electron chi connectivity index (χ2n) is 26.7. The van der Waals surface area contributed by atoms with Crippen molar-refractivity contribution in [2.75, 3.05) is 9.80 Å². The molecule has 6 heterocycles. The summed E-state index contributed by atoms with van der Waals surface area (Å²) in [6.45, 7) is 18.6. The minimum atomic E-state index is 0.801. The number of furan rings is 2. The van der Waals surface area contributed by atoms with E-state index >= 15 is 0 Å². The molecule has 0 saturated heterocycles. The van der Waals surface area contributed by atoms with Crippen molar-refractivity contribution in [1.82, 2.24) is 8.80 Å². The van der Waals surface area contributed by atoms with Crippen LogP contribution in [0.2, 0.25) is 0 Å². The molecule has 100 heavy (non-hydrogen) atoms. The van der Waals surface area contributed by atoms with Crippen LogP contribution in [-0.4, -0.2) is 8.80 Å². The molecular weight excluding hydrogens is 1220 g/mol. The Morgan fingerprint density at radius 2 is 0.940 bits per heavy atom. The van der Waals surface area contributed by atoms with Crippen molar-refractivity contribution in [3.8, 4) is 44.5 Å². The molecule has 0 aliphatic rings. The van der Waals surface area contributed by atoms with Crippen molar-refractivity contribution >= 4 is 140 Å². The van der Waals surface area contributed by atoms with E-state index in [0.717, 1.165) is 149 Å². The Balaban J connectivity index is 0.814. The minimum absolute atomic E-state index is 0.801. The SMILES string of the molecule is C=C(/C=c1\c(=C)n2c3c(-c4ccccc4)c4c5cccc6c7cc(N(c8ccccc8)c8c(C)ccc9c8oc8c(-c%10ccccc%10C)cccc89)ccc7n(c4c(-c4ccccc4)c3c3cccc1c32)c65)N(/C=C(C)/C=C\c1coc2c(-c3ccccc3C)cccc12)c1ccccc1.